The summed E-state index contributed by atoms with van der Waals surface area (Å²) in [4.78, 5) is 0. The lowest BCUT2D eigenvalue weighted by Gasteiger charge is -2.22. The smallest absolute Gasteiger partial charge is 0.149 e. The lowest BCUT2D eigenvalue weighted by molar-refractivity contribution is 0.399. The van der Waals surface area contributed by atoms with Gasteiger partial charge in [0.1, 0.15) is 11.6 Å². The van der Waals surface area contributed by atoms with Gasteiger partial charge in [-0.05, 0) is 52.1 Å². The predicted octanol–water partition coefficient (Wildman–Crippen LogP) is 1.80. The molecule has 0 amide bonds. The number of rotatable bonds is 3. The Bertz CT molecular complexity index is 420. The van der Waals surface area contributed by atoms with E-state index in [2.05, 4.69) is 32.3 Å². The van der Waals surface area contributed by atoms with E-state index >= 15 is 0 Å². The van der Waals surface area contributed by atoms with Gasteiger partial charge in [0, 0.05) is 19.0 Å². The van der Waals surface area contributed by atoms with Crippen molar-refractivity contribution in [3.8, 4) is 0 Å². The second-order valence-corrected chi connectivity index (χ2v) is 6.20. The van der Waals surface area contributed by atoms with Crippen molar-refractivity contribution in [2.75, 3.05) is 13.1 Å². The molecule has 112 valence electrons. The molecule has 0 spiro atoms. The van der Waals surface area contributed by atoms with E-state index in [-0.39, 0.29) is 0 Å². The fourth-order valence-corrected chi connectivity index (χ4v) is 3.44. The average Bonchev–Trinajstić information content (AvgIpc) is 2.64. The van der Waals surface area contributed by atoms with Crippen LogP contribution in [0, 0.1) is 0 Å². The van der Waals surface area contributed by atoms with Crippen molar-refractivity contribution in [1.82, 2.24) is 25.4 Å². The summed E-state index contributed by atoms with van der Waals surface area (Å²) in [5.74, 6) is 2.33. The zero-order valence-electron chi connectivity index (χ0n) is 12.6. The van der Waals surface area contributed by atoms with Crippen molar-refractivity contribution in [3.63, 3.8) is 0 Å². The number of nitrogens with one attached hydrogen (secondary N) is 2. The van der Waals surface area contributed by atoms with Crippen molar-refractivity contribution in [2.24, 2.45) is 0 Å². The molecule has 2 aliphatic rings. The quantitative estimate of drug-likeness (QED) is 0.884. The minimum Gasteiger partial charge on any atom is -0.317 e. The van der Waals surface area contributed by atoms with Gasteiger partial charge in [0.15, 0.2) is 0 Å². The Hall–Kier alpha value is -0.940. The maximum absolute atomic E-state index is 4.46. The summed E-state index contributed by atoms with van der Waals surface area (Å²) in [6.45, 7) is 5.62. The van der Waals surface area contributed by atoms with Crippen LogP contribution in [-0.2, 0) is 13.0 Å². The first-order valence-corrected chi connectivity index (χ1v) is 8.23. The van der Waals surface area contributed by atoms with Gasteiger partial charge in [0.25, 0.3) is 0 Å². The third kappa shape index (κ3) is 3.20. The maximum atomic E-state index is 4.46. The Kier molecular flexibility index (Phi) is 4.68. The van der Waals surface area contributed by atoms with Crippen molar-refractivity contribution in [3.05, 3.63) is 11.6 Å². The molecular formula is C15H27N5. The van der Waals surface area contributed by atoms with Crippen LogP contribution in [-0.4, -0.2) is 33.9 Å². The fraction of sp³-hybridized carbons (Fsp3) is 0.867. The third-order valence-electron chi connectivity index (χ3n) is 4.59. The standard InChI is InChI=1S/C15H27N5/c1-12(17-13-6-5-9-16-10-8-13)15-19-18-14-7-3-2-4-11-20(14)15/h12-13,16-17H,2-11H2,1H3. The molecule has 0 aromatic carbocycles. The first-order valence-electron chi connectivity index (χ1n) is 8.23. The second kappa shape index (κ2) is 6.68. The third-order valence-corrected chi connectivity index (χ3v) is 4.59. The Morgan fingerprint density at radius 1 is 1.15 bits per heavy atom. The van der Waals surface area contributed by atoms with Crippen LogP contribution in [0.5, 0.6) is 0 Å². The highest BCUT2D eigenvalue weighted by molar-refractivity contribution is 5.02. The van der Waals surface area contributed by atoms with Crippen LogP contribution in [0.15, 0.2) is 0 Å². The molecule has 2 atom stereocenters. The van der Waals surface area contributed by atoms with Crippen molar-refractivity contribution < 1.29 is 0 Å². The van der Waals surface area contributed by atoms with E-state index in [0.29, 0.717) is 12.1 Å². The summed E-state index contributed by atoms with van der Waals surface area (Å²) in [5, 5.41) is 16.1. The number of nitrogens with zero attached hydrogens (tertiary/aromatic N) is 3. The first kappa shape index (κ1) is 14.0. The molecule has 1 fully saturated rings. The number of aryl methyl sites for hydroxylation is 1. The zero-order valence-corrected chi connectivity index (χ0v) is 12.6. The van der Waals surface area contributed by atoms with E-state index in [1.807, 2.05) is 0 Å². The molecule has 0 radical (unpaired) electrons. The normalized spacial score (nSPS) is 25.6. The summed E-state index contributed by atoms with van der Waals surface area (Å²) >= 11 is 0. The van der Waals surface area contributed by atoms with Crippen molar-refractivity contribution in [1.29, 1.82) is 0 Å². The van der Waals surface area contributed by atoms with Gasteiger partial charge in [-0.2, -0.15) is 0 Å². The van der Waals surface area contributed by atoms with Gasteiger partial charge in [-0.3, -0.25) is 0 Å². The molecule has 2 aliphatic heterocycles. The van der Waals surface area contributed by atoms with E-state index < -0.39 is 0 Å². The van der Waals surface area contributed by atoms with Crippen LogP contribution in [0.25, 0.3) is 0 Å². The fourth-order valence-electron chi connectivity index (χ4n) is 3.44. The molecular weight excluding hydrogens is 250 g/mol. The lowest BCUT2D eigenvalue weighted by Crippen LogP contribution is -2.33. The molecule has 5 heteroatoms. The van der Waals surface area contributed by atoms with Crippen LogP contribution >= 0.6 is 0 Å². The maximum Gasteiger partial charge on any atom is 0.149 e. The van der Waals surface area contributed by atoms with E-state index in [1.165, 1.54) is 44.3 Å². The van der Waals surface area contributed by atoms with Crippen LogP contribution in [0.3, 0.4) is 0 Å². The molecule has 20 heavy (non-hydrogen) atoms. The Morgan fingerprint density at radius 3 is 3.05 bits per heavy atom. The van der Waals surface area contributed by atoms with Gasteiger partial charge < -0.3 is 15.2 Å². The Labute approximate surface area is 121 Å². The molecule has 0 bridgehead atoms. The van der Waals surface area contributed by atoms with Gasteiger partial charge in [-0.25, -0.2) is 0 Å². The molecule has 3 heterocycles. The lowest BCUT2D eigenvalue weighted by atomic mass is 10.1. The Morgan fingerprint density at radius 2 is 2.10 bits per heavy atom. The van der Waals surface area contributed by atoms with E-state index in [9.17, 15) is 0 Å². The number of fused-ring (bicyclic) bond motifs is 1. The average molecular weight is 277 g/mol. The van der Waals surface area contributed by atoms with Crippen molar-refractivity contribution in [2.45, 2.75) is 70.5 Å². The SMILES string of the molecule is CC(NC1CCCNCC1)c1nnc2n1CCCCC2. The van der Waals surface area contributed by atoms with Crippen molar-refractivity contribution >= 4 is 0 Å². The molecule has 1 aromatic heterocycles. The summed E-state index contributed by atoms with van der Waals surface area (Å²) in [7, 11) is 0. The van der Waals surface area contributed by atoms with Gasteiger partial charge in [0.2, 0.25) is 0 Å². The minimum absolute atomic E-state index is 0.303. The number of hydrogen-bond donors (Lipinski definition) is 2. The first-order chi connectivity index (χ1) is 9.84. The van der Waals surface area contributed by atoms with Crippen LogP contribution in [0.2, 0.25) is 0 Å². The predicted molar refractivity (Wildman–Crippen MR) is 79.6 cm³/mol. The highest BCUT2D eigenvalue weighted by atomic mass is 15.3. The van der Waals surface area contributed by atoms with Gasteiger partial charge in [0.05, 0.1) is 6.04 Å². The highest BCUT2D eigenvalue weighted by Crippen LogP contribution is 2.20. The summed E-state index contributed by atoms with van der Waals surface area (Å²) in [6.07, 6.45) is 8.67. The molecule has 1 aromatic rings. The van der Waals surface area contributed by atoms with E-state index in [0.717, 1.165) is 31.9 Å². The minimum atomic E-state index is 0.303. The van der Waals surface area contributed by atoms with Gasteiger partial charge >= 0.3 is 0 Å². The highest BCUT2D eigenvalue weighted by Gasteiger charge is 2.21. The molecule has 3 rings (SSSR count). The second-order valence-electron chi connectivity index (χ2n) is 6.20. The van der Waals surface area contributed by atoms with Crippen LogP contribution < -0.4 is 10.6 Å². The van der Waals surface area contributed by atoms with Crippen LogP contribution in [0.4, 0.5) is 0 Å². The van der Waals surface area contributed by atoms with E-state index in [4.69, 9.17) is 0 Å². The molecule has 0 saturated carbocycles. The molecule has 2 N–H and O–H groups in total. The number of aromatic nitrogens is 3. The van der Waals surface area contributed by atoms with Crippen LogP contribution in [0.1, 0.15) is 63.1 Å². The Balaban J connectivity index is 1.67. The van der Waals surface area contributed by atoms with Gasteiger partial charge in [-0.15, -0.1) is 10.2 Å². The van der Waals surface area contributed by atoms with Gasteiger partial charge in [-0.1, -0.05) is 6.42 Å². The van der Waals surface area contributed by atoms with E-state index in [1.54, 1.807) is 0 Å². The molecule has 1 saturated heterocycles. The zero-order chi connectivity index (χ0) is 13.8. The summed E-state index contributed by atoms with van der Waals surface area (Å²) in [5.41, 5.74) is 0. The molecule has 2 unspecified atom stereocenters. The summed E-state index contributed by atoms with van der Waals surface area (Å²) < 4.78 is 2.36. The largest absolute Gasteiger partial charge is 0.317 e. The monoisotopic (exact) mass is 277 g/mol. The molecule has 5 nitrogen and oxygen atoms in total. The topological polar surface area (TPSA) is 54.8 Å². The molecule has 0 aliphatic carbocycles. The summed E-state index contributed by atoms with van der Waals surface area (Å²) in [6, 6.07) is 0.913. The number of hydrogen-bond acceptors (Lipinski definition) is 4.